The quantitative estimate of drug-likeness (QED) is 0.865. The van der Waals surface area contributed by atoms with Crippen molar-refractivity contribution in [3.05, 3.63) is 53.6 Å². The number of amides is 1. The standard InChI is InChI=1S/C17H10F3NO4/c18-17(19,20)11-4-1-9(2-5-11)10-3-6-13-12(7-10)15(24)16(25)21(13)8-14(22)23/h1-7H,8H2,(H,22,23). The third-order valence-corrected chi connectivity index (χ3v) is 3.81. The summed E-state index contributed by atoms with van der Waals surface area (Å²) in [4.78, 5) is 35.6. The van der Waals surface area contributed by atoms with Crippen molar-refractivity contribution in [1.82, 2.24) is 0 Å². The Bertz CT molecular complexity index is 888. The Morgan fingerprint density at radius 1 is 1.00 bits per heavy atom. The monoisotopic (exact) mass is 349 g/mol. The highest BCUT2D eigenvalue weighted by Crippen LogP contribution is 2.34. The Kier molecular flexibility index (Phi) is 3.82. The van der Waals surface area contributed by atoms with Crippen LogP contribution in [0.3, 0.4) is 0 Å². The van der Waals surface area contributed by atoms with Crippen LogP contribution in [0, 0.1) is 0 Å². The van der Waals surface area contributed by atoms with Gasteiger partial charge in [-0.15, -0.1) is 0 Å². The number of nitrogens with zero attached hydrogens (tertiary/aromatic N) is 1. The molecule has 25 heavy (non-hydrogen) atoms. The van der Waals surface area contributed by atoms with E-state index in [4.69, 9.17) is 5.11 Å². The van der Waals surface area contributed by atoms with Gasteiger partial charge in [-0.05, 0) is 35.4 Å². The fourth-order valence-corrected chi connectivity index (χ4v) is 2.62. The van der Waals surface area contributed by atoms with Gasteiger partial charge >= 0.3 is 12.1 Å². The molecule has 0 fully saturated rings. The number of alkyl halides is 3. The summed E-state index contributed by atoms with van der Waals surface area (Å²) in [6.45, 7) is -0.642. The zero-order valence-corrected chi connectivity index (χ0v) is 12.5. The topological polar surface area (TPSA) is 74.7 Å². The molecule has 8 heteroatoms. The third-order valence-electron chi connectivity index (χ3n) is 3.81. The minimum atomic E-state index is -4.45. The minimum Gasteiger partial charge on any atom is -0.480 e. The number of carboxylic acid groups (broad SMARTS) is 1. The molecule has 1 N–H and O–H groups in total. The highest BCUT2D eigenvalue weighted by Gasteiger charge is 2.37. The molecule has 3 rings (SSSR count). The van der Waals surface area contributed by atoms with Crippen molar-refractivity contribution in [3.8, 4) is 11.1 Å². The number of halogens is 3. The van der Waals surface area contributed by atoms with E-state index < -0.39 is 35.9 Å². The third kappa shape index (κ3) is 2.98. The molecule has 0 unspecified atom stereocenters. The molecule has 0 saturated heterocycles. The van der Waals surface area contributed by atoms with Crippen molar-refractivity contribution in [1.29, 1.82) is 0 Å². The number of carbonyl (C=O) groups is 3. The molecule has 2 aromatic carbocycles. The molecule has 1 aliphatic rings. The Balaban J connectivity index is 1.98. The fourth-order valence-electron chi connectivity index (χ4n) is 2.62. The summed E-state index contributed by atoms with van der Waals surface area (Å²) in [5.41, 5.74) is 0.298. The number of hydrogen-bond acceptors (Lipinski definition) is 3. The van der Waals surface area contributed by atoms with Crippen LogP contribution < -0.4 is 4.90 Å². The van der Waals surface area contributed by atoms with Crippen LogP contribution in [0.5, 0.6) is 0 Å². The van der Waals surface area contributed by atoms with Crippen LogP contribution in [0.25, 0.3) is 11.1 Å². The molecular weight excluding hydrogens is 339 g/mol. The summed E-state index contributed by atoms with van der Waals surface area (Å²) in [6.07, 6.45) is -4.45. The smallest absolute Gasteiger partial charge is 0.416 e. The molecule has 0 aliphatic carbocycles. The van der Waals surface area contributed by atoms with Crippen molar-refractivity contribution < 1.29 is 32.7 Å². The van der Waals surface area contributed by atoms with Gasteiger partial charge in [-0.3, -0.25) is 19.3 Å². The average molecular weight is 349 g/mol. The summed E-state index contributed by atoms with van der Waals surface area (Å²) in [5.74, 6) is -3.05. The molecule has 0 aromatic heterocycles. The zero-order chi connectivity index (χ0) is 18.4. The first-order chi connectivity index (χ1) is 11.7. The van der Waals surface area contributed by atoms with E-state index in [1.54, 1.807) is 0 Å². The van der Waals surface area contributed by atoms with Crippen LogP contribution in [0.1, 0.15) is 15.9 Å². The first-order valence-electron chi connectivity index (χ1n) is 7.08. The maximum Gasteiger partial charge on any atom is 0.416 e. The van der Waals surface area contributed by atoms with E-state index in [1.165, 1.54) is 30.3 Å². The number of benzene rings is 2. The Morgan fingerprint density at radius 3 is 2.16 bits per heavy atom. The Hall–Kier alpha value is -3.16. The molecule has 1 amide bonds. The number of fused-ring (bicyclic) bond motifs is 1. The molecule has 0 spiro atoms. The van der Waals surface area contributed by atoms with Crippen molar-refractivity contribution in [2.24, 2.45) is 0 Å². The molecule has 1 heterocycles. The number of rotatable bonds is 3. The summed E-state index contributed by atoms with van der Waals surface area (Å²) < 4.78 is 37.8. The van der Waals surface area contributed by atoms with Gasteiger partial charge in [0.25, 0.3) is 11.7 Å². The van der Waals surface area contributed by atoms with Gasteiger partial charge in [0.1, 0.15) is 6.54 Å². The van der Waals surface area contributed by atoms with Crippen LogP contribution in [-0.4, -0.2) is 29.3 Å². The van der Waals surface area contributed by atoms with E-state index in [0.29, 0.717) is 11.1 Å². The first-order valence-corrected chi connectivity index (χ1v) is 7.08. The number of hydrogen-bond donors (Lipinski definition) is 1. The number of anilines is 1. The maximum absolute atomic E-state index is 12.6. The lowest BCUT2D eigenvalue weighted by Crippen LogP contribution is -2.34. The van der Waals surface area contributed by atoms with Gasteiger partial charge in [-0.2, -0.15) is 13.2 Å². The van der Waals surface area contributed by atoms with Crippen molar-refractivity contribution in [3.63, 3.8) is 0 Å². The highest BCUT2D eigenvalue weighted by molar-refractivity contribution is 6.52. The predicted molar refractivity (Wildman–Crippen MR) is 81.2 cm³/mol. The van der Waals surface area contributed by atoms with Gasteiger partial charge in [-0.1, -0.05) is 18.2 Å². The lowest BCUT2D eigenvalue weighted by molar-refractivity contribution is -0.137. The van der Waals surface area contributed by atoms with Crippen molar-refractivity contribution in [2.45, 2.75) is 6.18 Å². The van der Waals surface area contributed by atoms with Gasteiger partial charge < -0.3 is 5.11 Å². The molecule has 1 aliphatic heterocycles. The maximum atomic E-state index is 12.6. The first kappa shape index (κ1) is 16.7. The second kappa shape index (κ2) is 5.73. The number of ketones is 1. The number of aliphatic carboxylic acids is 1. The summed E-state index contributed by atoms with van der Waals surface area (Å²) in [5, 5.41) is 8.83. The SMILES string of the molecule is O=C(O)CN1C(=O)C(=O)c2cc(-c3ccc(C(F)(F)F)cc3)ccc21. The van der Waals surface area contributed by atoms with Gasteiger partial charge in [0, 0.05) is 0 Å². The fraction of sp³-hybridized carbons (Fsp3) is 0.118. The minimum absolute atomic E-state index is 0.0312. The lowest BCUT2D eigenvalue weighted by Gasteiger charge is -2.14. The summed E-state index contributed by atoms with van der Waals surface area (Å²) in [7, 11) is 0. The largest absolute Gasteiger partial charge is 0.480 e. The van der Waals surface area contributed by atoms with E-state index in [9.17, 15) is 27.6 Å². The molecule has 5 nitrogen and oxygen atoms in total. The van der Waals surface area contributed by atoms with Gasteiger partial charge in [0.2, 0.25) is 0 Å². The predicted octanol–water partition coefficient (Wildman–Crippen LogP) is 2.99. The van der Waals surface area contributed by atoms with E-state index in [0.717, 1.165) is 17.0 Å². The van der Waals surface area contributed by atoms with Crippen LogP contribution in [0.15, 0.2) is 42.5 Å². The lowest BCUT2D eigenvalue weighted by atomic mass is 10.00. The molecule has 128 valence electrons. The Morgan fingerprint density at radius 2 is 1.60 bits per heavy atom. The van der Waals surface area contributed by atoms with Crippen LogP contribution in [0.2, 0.25) is 0 Å². The van der Waals surface area contributed by atoms with Crippen LogP contribution in [-0.2, 0) is 15.8 Å². The molecular formula is C17H10F3NO4. The van der Waals surface area contributed by atoms with Gasteiger partial charge in [0.05, 0.1) is 16.8 Å². The van der Waals surface area contributed by atoms with Crippen molar-refractivity contribution >= 4 is 23.3 Å². The summed E-state index contributed by atoms with van der Waals surface area (Å²) in [6, 6.07) is 8.68. The van der Waals surface area contributed by atoms with Gasteiger partial charge in [0.15, 0.2) is 0 Å². The molecule has 2 aromatic rings. The normalized spacial score (nSPS) is 14.0. The van der Waals surface area contributed by atoms with E-state index >= 15 is 0 Å². The number of Topliss-reactive ketones (excluding diaryl/α,β-unsaturated/α-hetero) is 1. The number of carbonyl (C=O) groups excluding carboxylic acids is 2. The second-order valence-corrected chi connectivity index (χ2v) is 5.42. The highest BCUT2D eigenvalue weighted by atomic mass is 19.4. The zero-order valence-electron chi connectivity index (χ0n) is 12.5. The van der Waals surface area contributed by atoms with Crippen molar-refractivity contribution in [2.75, 3.05) is 11.4 Å². The van der Waals surface area contributed by atoms with Crippen LogP contribution in [0.4, 0.5) is 18.9 Å². The van der Waals surface area contributed by atoms with E-state index in [2.05, 4.69) is 0 Å². The van der Waals surface area contributed by atoms with E-state index in [-0.39, 0.29) is 11.3 Å². The summed E-state index contributed by atoms with van der Waals surface area (Å²) >= 11 is 0. The molecule has 0 atom stereocenters. The molecule has 0 bridgehead atoms. The average Bonchev–Trinajstić information content (AvgIpc) is 2.78. The number of carboxylic acids is 1. The molecule has 0 saturated carbocycles. The van der Waals surface area contributed by atoms with Gasteiger partial charge in [-0.25, -0.2) is 0 Å². The second-order valence-electron chi connectivity index (χ2n) is 5.42. The van der Waals surface area contributed by atoms with Crippen LogP contribution >= 0.6 is 0 Å². The Labute approximate surface area is 139 Å². The van der Waals surface area contributed by atoms with E-state index in [1.807, 2.05) is 0 Å². The molecule has 0 radical (unpaired) electrons.